The number of nitrogens with zero attached hydrogens (tertiary/aromatic N) is 18. The summed E-state index contributed by atoms with van der Waals surface area (Å²) in [7, 11) is 0. The molecule has 4 aliphatic rings. The molecule has 0 saturated carbocycles. The normalized spacial score (nSPS) is 27.6. The largest absolute Gasteiger partial charge is 0.472 e. The molecule has 0 unspecified atom stereocenters. The molecule has 0 radical (unpaired) electrons. The second kappa shape index (κ2) is 30.2. The molecule has 504 valence electrons. The first-order valence-corrected chi connectivity index (χ1v) is 29.3. The van der Waals surface area contributed by atoms with Crippen LogP contribution < -0.4 is 39.6 Å². The first kappa shape index (κ1) is 70.5. The zero-order valence-electron chi connectivity index (χ0n) is 52.0. The van der Waals surface area contributed by atoms with E-state index >= 15 is 0 Å². The van der Waals surface area contributed by atoms with Gasteiger partial charge in [0, 0.05) is 75.3 Å². The van der Waals surface area contributed by atoms with Crippen molar-refractivity contribution in [1.82, 2.24) is 53.0 Å². The van der Waals surface area contributed by atoms with Gasteiger partial charge in [-0.05, 0) is 65.8 Å². The van der Waals surface area contributed by atoms with Gasteiger partial charge in [-0.2, -0.15) is 15.1 Å². The molecule has 38 nitrogen and oxygen atoms in total. The number of hydrogen-bond acceptors (Lipinski definition) is 25. The number of azide groups is 3. The van der Waals surface area contributed by atoms with Crippen molar-refractivity contribution in [2.45, 2.75) is 121 Å². The molecule has 2 aromatic carbocycles. The Morgan fingerprint density at radius 3 is 1.48 bits per heavy atom. The molecule has 7 N–H and O–H groups in total. The van der Waals surface area contributed by atoms with Crippen molar-refractivity contribution in [1.29, 1.82) is 0 Å². The molecule has 4 fully saturated rings. The first-order chi connectivity index (χ1) is 45.9. The number of carbonyl (C=O) groups is 2. The Morgan fingerprint density at radius 2 is 1.06 bits per heavy atom. The Hall–Kier alpha value is -11.3. The highest BCUT2D eigenvalue weighted by atomic mass is 16.6. The van der Waals surface area contributed by atoms with Crippen molar-refractivity contribution in [2.75, 3.05) is 12.3 Å². The SMILES string of the molecule is C=C1O[C@@H](n2ccc(=O)[nH]c2=O)[C@@H](C)[C@@H]1O.CC[C@@]1(N=[N+]=[N-])O[C@@H](n2ccc(-n3cncn3)nc2=O)[C@@H](C)[C@@H]1OC(=O)c1ccccc1.CC[C@@]1(N=[N+]=[N-])O[C@@H](n2ccc(=O)[nH]c2=O)[C@@H](C)[C@@H]1OC(=O)c1ccccc1.C[C@@H]1[C@H](n2ccc(N)nc2=O)O[C@@](CO)(N=[N+]=[N-])[C@H]1O. The summed E-state index contributed by atoms with van der Waals surface area (Å²) in [5.41, 5.74) is 24.5. The van der Waals surface area contributed by atoms with E-state index in [9.17, 15) is 59.2 Å². The maximum atomic E-state index is 12.8. The average molecular weight is 1330 g/mol. The number of aromatic nitrogens is 11. The van der Waals surface area contributed by atoms with Gasteiger partial charge >= 0.3 is 34.7 Å². The van der Waals surface area contributed by atoms with Crippen LogP contribution in [0, 0.1) is 23.7 Å². The van der Waals surface area contributed by atoms with Gasteiger partial charge in [0.25, 0.3) is 11.1 Å². The number of aliphatic hydroxyl groups is 3. The predicted molar refractivity (Wildman–Crippen MR) is 332 cm³/mol. The van der Waals surface area contributed by atoms with Crippen molar-refractivity contribution >= 4 is 17.8 Å². The molecule has 96 heavy (non-hydrogen) atoms. The van der Waals surface area contributed by atoms with Crippen molar-refractivity contribution in [3.05, 3.63) is 240 Å². The van der Waals surface area contributed by atoms with Gasteiger partial charge in [-0.15, -0.1) is 0 Å². The molecule has 9 heterocycles. The number of aromatic amines is 2. The zero-order chi connectivity index (χ0) is 69.8. The molecule has 4 saturated heterocycles. The van der Waals surface area contributed by atoms with E-state index < -0.39 is 137 Å². The topological polar surface area (TPSA) is 533 Å². The Kier molecular flexibility index (Phi) is 22.2. The summed E-state index contributed by atoms with van der Waals surface area (Å²) < 4.78 is 40.3. The van der Waals surface area contributed by atoms with E-state index in [4.69, 9.17) is 45.2 Å². The summed E-state index contributed by atoms with van der Waals surface area (Å²) in [5.74, 6) is -2.56. The predicted octanol–water partition coefficient (Wildman–Crippen LogP) is 3.90. The van der Waals surface area contributed by atoms with Gasteiger partial charge in [0.15, 0.2) is 29.2 Å². The molecule has 0 bridgehead atoms. The van der Waals surface area contributed by atoms with Gasteiger partial charge < -0.3 is 49.5 Å². The maximum Gasteiger partial charge on any atom is 0.351 e. The molecule has 15 atom stereocenters. The molecule has 5 aromatic heterocycles. The lowest BCUT2D eigenvalue weighted by Crippen LogP contribution is -2.42. The minimum absolute atomic E-state index is 0.0564. The quantitative estimate of drug-likeness (QED) is 0.0367. The molecule has 0 aliphatic carbocycles. The van der Waals surface area contributed by atoms with Crippen LogP contribution in [0.4, 0.5) is 5.82 Å². The fraction of sp³-hybridized carbons (Fsp3) is 0.414. The van der Waals surface area contributed by atoms with Gasteiger partial charge in [-0.3, -0.25) is 37.8 Å². The molecule has 0 spiro atoms. The third kappa shape index (κ3) is 14.7. The molecule has 0 amide bonds. The molecular weight excluding hydrogens is 1260 g/mol. The second-order valence-electron chi connectivity index (χ2n) is 22.1. The fourth-order valence-corrected chi connectivity index (χ4v) is 11.0. The fourth-order valence-electron chi connectivity index (χ4n) is 11.0. The van der Waals surface area contributed by atoms with E-state index in [0.29, 0.717) is 16.9 Å². The van der Waals surface area contributed by atoms with Crippen LogP contribution in [-0.4, -0.2) is 128 Å². The number of rotatable bonds is 15. The molecule has 4 aliphatic heterocycles. The number of esters is 2. The number of ether oxygens (including phenoxy) is 6. The van der Waals surface area contributed by atoms with E-state index in [1.165, 1.54) is 74.0 Å². The van der Waals surface area contributed by atoms with Crippen LogP contribution in [-0.2, 0) is 28.4 Å². The maximum absolute atomic E-state index is 12.8. The second-order valence-corrected chi connectivity index (χ2v) is 22.1. The van der Waals surface area contributed by atoms with E-state index in [1.54, 1.807) is 108 Å². The summed E-state index contributed by atoms with van der Waals surface area (Å²) in [6, 6.07) is 22.2. The Labute approximate surface area is 540 Å². The van der Waals surface area contributed by atoms with Crippen LogP contribution in [0.5, 0.6) is 0 Å². The number of aliphatic hydroxyl groups excluding tert-OH is 3. The van der Waals surface area contributed by atoms with Crippen LogP contribution in [0.2, 0.25) is 0 Å². The Bertz CT molecular complexity index is 4470. The Balaban J connectivity index is 0.000000169. The number of anilines is 1. The summed E-state index contributed by atoms with van der Waals surface area (Å²) in [5, 5.41) is 44.0. The zero-order valence-corrected chi connectivity index (χ0v) is 52.0. The summed E-state index contributed by atoms with van der Waals surface area (Å²) in [4.78, 5) is 120. The van der Waals surface area contributed by atoms with E-state index in [0.717, 1.165) is 4.57 Å². The molecule has 7 aromatic rings. The van der Waals surface area contributed by atoms with E-state index in [-0.39, 0.29) is 30.3 Å². The van der Waals surface area contributed by atoms with Crippen LogP contribution in [0.15, 0.2) is 179 Å². The third-order valence-corrected chi connectivity index (χ3v) is 16.2. The number of nitrogens with one attached hydrogen (secondary N) is 2. The van der Waals surface area contributed by atoms with Crippen molar-refractivity contribution in [2.24, 2.45) is 39.0 Å². The van der Waals surface area contributed by atoms with Crippen molar-refractivity contribution in [3.8, 4) is 5.82 Å². The highest BCUT2D eigenvalue weighted by molar-refractivity contribution is 5.90. The van der Waals surface area contributed by atoms with Crippen LogP contribution in [0.3, 0.4) is 0 Å². The molecule has 38 heteroatoms. The van der Waals surface area contributed by atoms with E-state index in [2.05, 4.69) is 66.7 Å². The lowest BCUT2D eigenvalue weighted by Gasteiger charge is -2.29. The summed E-state index contributed by atoms with van der Waals surface area (Å²) in [6.07, 6.45) is 1.42. The van der Waals surface area contributed by atoms with Gasteiger partial charge in [0.1, 0.15) is 61.2 Å². The third-order valence-electron chi connectivity index (χ3n) is 16.2. The standard InChI is InChI=1S/C20H20N8O4.C18H19N5O5.C10H14N6O4.C10H12N2O4/c1-3-20(25-26-21)16(31-18(29)14-7-5-4-6-8-14)13(2)17(32-20)27-10-9-15(24-19(27)30)28-12-22-11-23-28;1-3-18(21-22-19)14(27-16(25)12-7-5-4-6-8-12)11(2)15(28-18)23-10-9-13(24)20-17(23)26;1-5-7(18)10(4-17,14-15-12)20-8(5)16-3-2-6(11)13-9(16)19;1-5-8(14)6(2)16-9(5)12-4-3-7(13)11-10(12)15/h4-13,16-17H,3H2,1-2H3;4-11,14-15H,3H2,1-2H3,(H,20,24,26);2-3,5,7-8,17-18H,4H2,1H3,(H2,11,13,19);3-5,8-9,14H,2H2,1H3,(H,11,13,15)/t13-,16-,17+,20+;11-,14-,15+,18+;5-,7-,8+,10+;5-,8-,9+/m0000/s1. The van der Waals surface area contributed by atoms with Crippen molar-refractivity contribution in [3.63, 3.8) is 0 Å². The number of H-pyrrole nitrogens is 2. The summed E-state index contributed by atoms with van der Waals surface area (Å²) in [6.45, 7) is 13.1. The Morgan fingerprint density at radius 1 is 0.625 bits per heavy atom. The monoisotopic (exact) mass is 1330 g/mol. The lowest BCUT2D eigenvalue weighted by atomic mass is 9.95. The number of carbonyl (C=O) groups excluding carboxylic acids is 2. The number of nitrogen functional groups attached to an aromatic ring is 1. The molecular formula is C58H65N21O17. The summed E-state index contributed by atoms with van der Waals surface area (Å²) >= 11 is 0. The minimum atomic E-state index is -1.82. The highest BCUT2D eigenvalue weighted by Crippen LogP contribution is 2.48. The van der Waals surface area contributed by atoms with Gasteiger partial charge in [-0.1, -0.05) is 99.9 Å². The minimum Gasteiger partial charge on any atom is -0.472 e. The number of hydrogen-bond donors (Lipinski definition) is 6. The highest BCUT2D eigenvalue weighted by Gasteiger charge is 2.57. The van der Waals surface area contributed by atoms with Crippen molar-refractivity contribution < 1.29 is 53.3 Å². The average Bonchev–Trinajstić information content (AvgIpc) is 1.62. The molecule has 11 rings (SSSR count). The number of benzene rings is 2. The first-order valence-electron chi connectivity index (χ1n) is 29.3. The van der Waals surface area contributed by atoms with Crippen LogP contribution in [0.1, 0.15) is 100 Å². The van der Waals surface area contributed by atoms with Gasteiger partial charge in [-0.25, -0.2) is 38.4 Å². The van der Waals surface area contributed by atoms with Crippen LogP contribution in [0.25, 0.3) is 37.1 Å². The van der Waals surface area contributed by atoms with Gasteiger partial charge in [0.05, 0.1) is 23.8 Å². The number of nitrogens with two attached hydrogens (primary N) is 1. The van der Waals surface area contributed by atoms with Gasteiger partial charge in [0.2, 0.25) is 0 Å². The van der Waals surface area contributed by atoms with E-state index in [1.807, 2.05) is 0 Å². The smallest absolute Gasteiger partial charge is 0.351 e. The lowest BCUT2D eigenvalue weighted by molar-refractivity contribution is -0.124. The van der Waals surface area contributed by atoms with Crippen LogP contribution >= 0.6 is 0 Å².